The summed E-state index contributed by atoms with van der Waals surface area (Å²) in [6.45, 7) is 2.04. The molecule has 0 aliphatic heterocycles. The van der Waals surface area contributed by atoms with Crippen molar-refractivity contribution in [3.63, 3.8) is 0 Å². The molecule has 0 bridgehead atoms. The Balaban J connectivity index is 2.18. The molecule has 0 saturated heterocycles. The zero-order valence-corrected chi connectivity index (χ0v) is 9.44. The molecule has 0 aromatic carbocycles. The van der Waals surface area contributed by atoms with E-state index >= 15 is 0 Å². The molecule has 0 fully saturated rings. The number of fused-ring (bicyclic) bond motifs is 1. The lowest BCUT2D eigenvalue weighted by Gasteiger charge is -2.02. The van der Waals surface area contributed by atoms with Crippen molar-refractivity contribution in [1.29, 1.82) is 0 Å². The van der Waals surface area contributed by atoms with E-state index in [1.807, 2.05) is 6.07 Å². The number of esters is 1. The van der Waals surface area contributed by atoms with Crippen LogP contribution < -0.4 is 0 Å². The van der Waals surface area contributed by atoms with Crippen molar-refractivity contribution in [3.8, 4) is 0 Å². The van der Waals surface area contributed by atoms with E-state index in [1.165, 1.54) is 6.92 Å². The van der Waals surface area contributed by atoms with E-state index in [-0.39, 0.29) is 12.6 Å². The third kappa shape index (κ3) is 2.14. The molecule has 0 N–H and O–H groups in total. The molecular weight excluding hydrogens is 230 g/mol. The van der Waals surface area contributed by atoms with Crippen LogP contribution in [0.1, 0.15) is 6.92 Å². The minimum atomic E-state index is -0.314. The van der Waals surface area contributed by atoms with Gasteiger partial charge in [0.15, 0.2) is 5.65 Å². The highest BCUT2D eigenvalue weighted by Gasteiger charge is 2.09. The van der Waals surface area contributed by atoms with Crippen molar-refractivity contribution in [2.75, 3.05) is 6.61 Å². The fraction of sp³-hybridized carbons (Fsp3) is 0.300. The summed E-state index contributed by atoms with van der Waals surface area (Å²) in [6, 6.07) is 3.65. The first-order valence-corrected chi connectivity index (χ1v) is 5.16. The smallest absolute Gasteiger partial charge is 0.302 e. The standard InChI is InChI=1S/C10H10ClN3O2/c1-7(15)16-6-5-14-9(11)8-3-2-4-12-10(8)13-14/h2-4H,5-6H2,1H3. The van der Waals surface area contributed by atoms with Crippen LogP contribution in [-0.4, -0.2) is 27.3 Å². The Kier molecular flexibility index (Phi) is 3.05. The van der Waals surface area contributed by atoms with Gasteiger partial charge in [-0.2, -0.15) is 5.10 Å². The Morgan fingerprint density at radius 3 is 3.12 bits per heavy atom. The first-order valence-electron chi connectivity index (χ1n) is 4.79. The van der Waals surface area contributed by atoms with Crippen molar-refractivity contribution in [2.45, 2.75) is 13.5 Å². The second kappa shape index (κ2) is 4.49. The third-order valence-corrected chi connectivity index (χ3v) is 2.46. The molecule has 2 rings (SSSR count). The molecule has 0 aliphatic carbocycles. The largest absolute Gasteiger partial charge is 0.464 e. The number of rotatable bonds is 3. The Morgan fingerprint density at radius 1 is 1.62 bits per heavy atom. The van der Waals surface area contributed by atoms with Crippen LogP contribution in [0.5, 0.6) is 0 Å². The lowest BCUT2D eigenvalue weighted by Crippen LogP contribution is -2.09. The summed E-state index contributed by atoms with van der Waals surface area (Å²) in [5.41, 5.74) is 0.593. The minimum absolute atomic E-state index is 0.253. The van der Waals surface area contributed by atoms with Crippen LogP contribution in [0.15, 0.2) is 18.3 Å². The summed E-state index contributed by atoms with van der Waals surface area (Å²) in [5.74, 6) is -0.314. The minimum Gasteiger partial charge on any atom is -0.464 e. The van der Waals surface area contributed by atoms with Crippen LogP contribution >= 0.6 is 11.6 Å². The van der Waals surface area contributed by atoms with E-state index < -0.39 is 0 Å². The van der Waals surface area contributed by atoms with E-state index in [4.69, 9.17) is 16.3 Å². The molecule has 0 unspecified atom stereocenters. The molecule has 0 amide bonds. The summed E-state index contributed by atoms with van der Waals surface area (Å²) in [4.78, 5) is 14.7. The first kappa shape index (κ1) is 10.9. The molecule has 2 heterocycles. The molecule has 84 valence electrons. The number of carbonyl (C=O) groups is 1. The van der Waals surface area contributed by atoms with E-state index in [0.29, 0.717) is 17.3 Å². The predicted molar refractivity (Wildman–Crippen MR) is 59.2 cm³/mol. The monoisotopic (exact) mass is 239 g/mol. The fourth-order valence-electron chi connectivity index (χ4n) is 1.36. The molecule has 16 heavy (non-hydrogen) atoms. The van der Waals surface area contributed by atoms with Gasteiger partial charge in [0, 0.05) is 13.1 Å². The number of halogens is 1. The number of pyridine rings is 1. The zero-order valence-electron chi connectivity index (χ0n) is 8.68. The van der Waals surface area contributed by atoms with Crippen LogP contribution in [0.3, 0.4) is 0 Å². The van der Waals surface area contributed by atoms with Crippen LogP contribution in [0.2, 0.25) is 5.15 Å². The van der Waals surface area contributed by atoms with Crippen molar-refractivity contribution < 1.29 is 9.53 Å². The molecule has 2 aromatic rings. The molecule has 0 atom stereocenters. The lowest BCUT2D eigenvalue weighted by molar-refractivity contribution is -0.141. The molecular formula is C10H10ClN3O2. The fourth-order valence-corrected chi connectivity index (χ4v) is 1.63. The SMILES string of the molecule is CC(=O)OCCn1nc2ncccc2c1Cl. The maximum Gasteiger partial charge on any atom is 0.302 e. The van der Waals surface area contributed by atoms with Gasteiger partial charge < -0.3 is 4.74 Å². The van der Waals surface area contributed by atoms with Crippen LogP contribution in [0, 0.1) is 0 Å². The van der Waals surface area contributed by atoms with E-state index in [2.05, 4.69) is 10.1 Å². The number of nitrogens with zero attached hydrogens (tertiary/aromatic N) is 3. The van der Waals surface area contributed by atoms with Gasteiger partial charge in [0.05, 0.1) is 11.9 Å². The molecule has 0 radical (unpaired) electrons. The summed E-state index contributed by atoms with van der Waals surface area (Å²) in [7, 11) is 0. The molecule has 5 nitrogen and oxygen atoms in total. The molecule has 0 spiro atoms. The number of ether oxygens (including phenoxy) is 1. The second-order valence-corrected chi connectivity index (χ2v) is 3.59. The van der Waals surface area contributed by atoms with Crippen LogP contribution in [0.25, 0.3) is 11.0 Å². The molecule has 0 aliphatic rings. The van der Waals surface area contributed by atoms with Crippen molar-refractivity contribution in [3.05, 3.63) is 23.5 Å². The van der Waals surface area contributed by atoms with Crippen molar-refractivity contribution in [1.82, 2.24) is 14.8 Å². The number of carbonyl (C=O) groups excluding carboxylic acids is 1. The highest BCUT2D eigenvalue weighted by atomic mass is 35.5. The normalized spacial score (nSPS) is 10.6. The molecule has 6 heteroatoms. The maximum atomic E-state index is 10.6. The Labute approximate surface area is 97.0 Å². The van der Waals surface area contributed by atoms with Crippen LogP contribution in [-0.2, 0) is 16.1 Å². The third-order valence-electron chi connectivity index (χ3n) is 2.06. The van der Waals surface area contributed by atoms with E-state index in [9.17, 15) is 4.79 Å². The first-order chi connectivity index (χ1) is 7.68. The van der Waals surface area contributed by atoms with Gasteiger partial charge in [-0.1, -0.05) is 11.6 Å². The Morgan fingerprint density at radius 2 is 2.44 bits per heavy atom. The molecule has 0 saturated carbocycles. The van der Waals surface area contributed by atoms with E-state index in [0.717, 1.165) is 5.39 Å². The zero-order chi connectivity index (χ0) is 11.5. The number of hydrogen-bond acceptors (Lipinski definition) is 4. The maximum absolute atomic E-state index is 10.6. The highest BCUT2D eigenvalue weighted by molar-refractivity contribution is 6.34. The van der Waals surface area contributed by atoms with Gasteiger partial charge in [0.1, 0.15) is 11.8 Å². The van der Waals surface area contributed by atoms with E-state index in [1.54, 1.807) is 16.9 Å². The van der Waals surface area contributed by atoms with Gasteiger partial charge in [-0.15, -0.1) is 0 Å². The Bertz CT molecular complexity index is 524. The van der Waals surface area contributed by atoms with Gasteiger partial charge in [-0.25, -0.2) is 9.67 Å². The van der Waals surface area contributed by atoms with Gasteiger partial charge in [0.2, 0.25) is 0 Å². The average Bonchev–Trinajstić information content (AvgIpc) is 2.56. The van der Waals surface area contributed by atoms with Crippen molar-refractivity contribution in [2.24, 2.45) is 0 Å². The summed E-state index contributed by atoms with van der Waals surface area (Å²) < 4.78 is 6.39. The van der Waals surface area contributed by atoms with Gasteiger partial charge in [0.25, 0.3) is 0 Å². The predicted octanol–water partition coefficient (Wildman–Crippen LogP) is 1.65. The summed E-state index contributed by atoms with van der Waals surface area (Å²) in [6.07, 6.45) is 1.65. The number of hydrogen-bond donors (Lipinski definition) is 0. The van der Waals surface area contributed by atoms with Gasteiger partial charge in [-0.05, 0) is 12.1 Å². The van der Waals surface area contributed by atoms with Crippen LogP contribution in [0.4, 0.5) is 0 Å². The lowest BCUT2D eigenvalue weighted by atomic mass is 10.4. The van der Waals surface area contributed by atoms with Gasteiger partial charge in [-0.3, -0.25) is 4.79 Å². The summed E-state index contributed by atoms with van der Waals surface area (Å²) in [5, 5.41) is 5.50. The van der Waals surface area contributed by atoms with Gasteiger partial charge >= 0.3 is 5.97 Å². The Hall–Kier alpha value is -1.62. The topological polar surface area (TPSA) is 57.0 Å². The molecule has 2 aromatic heterocycles. The summed E-state index contributed by atoms with van der Waals surface area (Å²) >= 11 is 6.09. The average molecular weight is 240 g/mol. The quantitative estimate of drug-likeness (QED) is 0.765. The van der Waals surface area contributed by atoms with Crippen molar-refractivity contribution >= 4 is 28.6 Å². The second-order valence-electron chi connectivity index (χ2n) is 3.23. The number of aromatic nitrogens is 3. The highest BCUT2D eigenvalue weighted by Crippen LogP contribution is 2.20.